The second-order valence-electron chi connectivity index (χ2n) is 8.12. The van der Waals surface area contributed by atoms with Crippen LogP contribution in [0.5, 0.6) is 0 Å². The summed E-state index contributed by atoms with van der Waals surface area (Å²) in [6, 6.07) is 0. The number of amides is 1. The number of aliphatic hydroxyl groups is 1. The van der Waals surface area contributed by atoms with Crippen LogP contribution in [0, 0.1) is 11.3 Å². The monoisotopic (exact) mass is 352 g/mol. The summed E-state index contributed by atoms with van der Waals surface area (Å²) in [6.45, 7) is 9.58. The molecule has 1 amide bonds. The van der Waals surface area contributed by atoms with E-state index in [1.165, 1.54) is 5.57 Å². The predicted molar refractivity (Wildman–Crippen MR) is 100 cm³/mol. The van der Waals surface area contributed by atoms with E-state index in [4.69, 9.17) is 4.74 Å². The molecule has 5 heteroatoms. The number of piperidine rings is 2. The van der Waals surface area contributed by atoms with Crippen molar-refractivity contribution >= 4 is 5.91 Å². The van der Waals surface area contributed by atoms with E-state index >= 15 is 0 Å². The van der Waals surface area contributed by atoms with E-state index in [9.17, 15) is 9.90 Å². The Kier molecular flexibility index (Phi) is 7.91. The summed E-state index contributed by atoms with van der Waals surface area (Å²) in [5, 5.41) is 10.00. The van der Waals surface area contributed by atoms with Gasteiger partial charge in [-0.25, -0.2) is 0 Å². The maximum absolute atomic E-state index is 13.0. The first-order chi connectivity index (χ1) is 12.0. The SMILES string of the molecule is COCCN1CCC(C(=O)N2CCC[C@](CO)(CC=C(C)C)C2)CC1. The minimum Gasteiger partial charge on any atom is -0.396 e. The smallest absolute Gasteiger partial charge is 0.225 e. The van der Waals surface area contributed by atoms with E-state index < -0.39 is 0 Å². The number of allylic oxidation sites excluding steroid dienone is 2. The summed E-state index contributed by atoms with van der Waals surface area (Å²) in [5.41, 5.74) is 1.13. The van der Waals surface area contributed by atoms with Gasteiger partial charge in [-0.05, 0) is 59.0 Å². The van der Waals surface area contributed by atoms with E-state index in [-0.39, 0.29) is 17.9 Å². The molecule has 1 N–H and O–H groups in total. The molecule has 2 aliphatic heterocycles. The summed E-state index contributed by atoms with van der Waals surface area (Å²) < 4.78 is 5.14. The Hall–Kier alpha value is -0.910. The molecular weight excluding hydrogens is 316 g/mol. The molecule has 1 atom stereocenters. The van der Waals surface area contributed by atoms with Crippen molar-refractivity contribution in [2.75, 3.05) is 53.0 Å². The molecule has 2 saturated heterocycles. The fourth-order valence-electron chi connectivity index (χ4n) is 4.06. The van der Waals surface area contributed by atoms with Gasteiger partial charge in [0.1, 0.15) is 0 Å². The highest BCUT2D eigenvalue weighted by atomic mass is 16.5. The number of hydrogen-bond acceptors (Lipinski definition) is 4. The van der Waals surface area contributed by atoms with Crippen LogP contribution in [0.25, 0.3) is 0 Å². The fraction of sp³-hybridized carbons (Fsp3) is 0.850. The molecule has 144 valence electrons. The number of carbonyl (C=O) groups is 1. The zero-order chi connectivity index (χ0) is 18.3. The highest BCUT2D eigenvalue weighted by Gasteiger charge is 2.38. The molecule has 0 radical (unpaired) electrons. The molecule has 0 unspecified atom stereocenters. The van der Waals surface area contributed by atoms with Crippen LogP contribution in [0.1, 0.15) is 46.0 Å². The summed E-state index contributed by atoms with van der Waals surface area (Å²) in [5.74, 6) is 0.456. The number of nitrogens with zero attached hydrogens (tertiary/aromatic N) is 2. The summed E-state index contributed by atoms with van der Waals surface area (Å²) in [7, 11) is 1.73. The van der Waals surface area contributed by atoms with E-state index in [0.29, 0.717) is 12.5 Å². The van der Waals surface area contributed by atoms with Crippen molar-refractivity contribution in [3.63, 3.8) is 0 Å². The summed E-state index contributed by atoms with van der Waals surface area (Å²) in [4.78, 5) is 17.4. The van der Waals surface area contributed by atoms with Crippen molar-refractivity contribution < 1.29 is 14.6 Å². The predicted octanol–water partition coefficient (Wildman–Crippen LogP) is 2.30. The molecule has 0 aromatic carbocycles. The largest absolute Gasteiger partial charge is 0.396 e. The first-order valence-corrected chi connectivity index (χ1v) is 9.74. The van der Waals surface area contributed by atoms with Gasteiger partial charge in [-0.3, -0.25) is 4.79 Å². The third kappa shape index (κ3) is 5.80. The van der Waals surface area contributed by atoms with Crippen molar-refractivity contribution in [3.05, 3.63) is 11.6 Å². The van der Waals surface area contributed by atoms with E-state index in [0.717, 1.165) is 64.9 Å². The lowest BCUT2D eigenvalue weighted by molar-refractivity contribution is -0.141. The number of hydrogen-bond donors (Lipinski definition) is 1. The van der Waals surface area contributed by atoms with Crippen molar-refractivity contribution in [2.24, 2.45) is 11.3 Å². The van der Waals surface area contributed by atoms with Crippen LogP contribution in [-0.4, -0.2) is 73.9 Å². The van der Waals surface area contributed by atoms with Crippen LogP contribution >= 0.6 is 0 Å². The van der Waals surface area contributed by atoms with Crippen LogP contribution in [0.2, 0.25) is 0 Å². The number of likely N-dealkylation sites (tertiary alicyclic amines) is 2. The molecule has 25 heavy (non-hydrogen) atoms. The average molecular weight is 353 g/mol. The van der Waals surface area contributed by atoms with Crippen LogP contribution in [-0.2, 0) is 9.53 Å². The Morgan fingerprint density at radius 1 is 1.28 bits per heavy atom. The summed E-state index contributed by atoms with van der Waals surface area (Å²) >= 11 is 0. The lowest BCUT2D eigenvalue weighted by atomic mass is 9.77. The van der Waals surface area contributed by atoms with Gasteiger partial charge in [-0.2, -0.15) is 0 Å². The molecule has 2 heterocycles. The van der Waals surface area contributed by atoms with Crippen molar-refractivity contribution in [3.8, 4) is 0 Å². The first kappa shape index (κ1) is 20.4. The lowest BCUT2D eigenvalue weighted by Gasteiger charge is -2.43. The average Bonchev–Trinajstić information content (AvgIpc) is 2.64. The zero-order valence-electron chi connectivity index (χ0n) is 16.3. The normalized spacial score (nSPS) is 25.8. The molecule has 0 spiro atoms. The number of aliphatic hydroxyl groups excluding tert-OH is 1. The van der Waals surface area contributed by atoms with Gasteiger partial charge in [0.25, 0.3) is 0 Å². The van der Waals surface area contributed by atoms with Crippen molar-refractivity contribution in [2.45, 2.75) is 46.0 Å². The quantitative estimate of drug-likeness (QED) is 0.715. The standard InChI is InChI=1S/C20H36N2O3/c1-17(2)5-9-20(16-23)8-4-10-22(15-20)19(24)18-6-11-21(12-7-18)13-14-25-3/h5,18,23H,4,6-16H2,1-3H3/t20-/m0/s1. The number of carbonyl (C=O) groups excluding carboxylic acids is 1. The zero-order valence-corrected chi connectivity index (χ0v) is 16.3. The Bertz CT molecular complexity index is 454. The number of rotatable bonds is 7. The van der Waals surface area contributed by atoms with Gasteiger partial charge in [-0.15, -0.1) is 0 Å². The van der Waals surface area contributed by atoms with Gasteiger partial charge >= 0.3 is 0 Å². The maximum Gasteiger partial charge on any atom is 0.225 e. The van der Waals surface area contributed by atoms with Gasteiger partial charge in [0, 0.05) is 38.1 Å². The molecule has 2 fully saturated rings. The van der Waals surface area contributed by atoms with Gasteiger partial charge in [0.2, 0.25) is 5.91 Å². The highest BCUT2D eigenvalue weighted by molar-refractivity contribution is 5.79. The molecule has 5 nitrogen and oxygen atoms in total. The Balaban J connectivity index is 1.90. The molecule has 0 aliphatic carbocycles. The minimum atomic E-state index is -0.148. The molecule has 0 aromatic rings. The van der Waals surface area contributed by atoms with Crippen LogP contribution in [0.3, 0.4) is 0 Å². The summed E-state index contributed by atoms with van der Waals surface area (Å²) in [6.07, 6.45) is 6.96. The Morgan fingerprint density at radius 3 is 2.60 bits per heavy atom. The van der Waals surface area contributed by atoms with Gasteiger partial charge in [0.15, 0.2) is 0 Å². The van der Waals surface area contributed by atoms with E-state index in [2.05, 4.69) is 24.8 Å². The van der Waals surface area contributed by atoms with E-state index in [1.807, 2.05) is 4.90 Å². The number of ether oxygens (including phenoxy) is 1. The molecule has 0 aromatic heterocycles. The maximum atomic E-state index is 13.0. The third-order valence-electron chi connectivity index (χ3n) is 5.80. The van der Waals surface area contributed by atoms with Gasteiger partial charge in [-0.1, -0.05) is 11.6 Å². The minimum absolute atomic E-state index is 0.148. The van der Waals surface area contributed by atoms with E-state index in [1.54, 1.807) is 7.11 Å². The molecular formula is C20H36N2O3. The van der Waals surface area contributed by atoms with Crippen molar-refractivity contribution in [1.29, 1.82) is 0 Å². The third-order valence-corrected chi connectivity index (χ3v) is 5.80. The lowest BCUT2D eigenvalue weighted by Crippen LogP contribution is -2.51. The van der Waals surface area contributed by atoms with Crippen LogP contribution in [0.4, 0.5) is 0 Å². The van der Waals surface area contributed by atoms with Gasteiger partial charge in [0.05, 0.1) is 13.2 Å². The Morgan fingerprint density at radius 2 is 2.00 bits per heavy atom. The number of methoxy groups -OCH3 is 1. The topological polar surface area (TPSA) is 53.0 Å². The Labute approximate surface area is 153 Å². The molecule has 0 saturated carbocycles. The van der Waals surface area contributed by atoms with Crippen LogP contribution in [0.15, 0.2) is 11.6 Å². The van der Waals surface area contributed by atoms with Crippen LogP contribution < -0.4 is 0 Å². The van der Waals surface area contributed by atoms with Gasteiger partial charge < -0.3 is 19.6 Å². The van der Waals surface area contributed by atoms with Crippen molar-refractivity contribution in [1.82, 2.24) is 9.80 Å². The second-order valence-corrected chi connectivity index (χ2v) is 8.12. The molecule has 2 aliphatic rings. The fourth-order valence-corrected chi connectivity index (χ4v) is 4.06. The molecule has 0 bridgehead atoms. The second kappa shape index (κ2) is 9.70. The highest BCUT2D eigenvalue weighted by Crippen LogP contribution is 2.35. The molecule has 2 rings (SSSR count). The first-order valence-electron chi connectivity index (χ1n) is 9.74.